The number of benzene rings is 1. The summed E-state index contributed by atoms with van der Waals surface area (Å²) in [4.78, 5) is 12.1. The molecule has 4 rings (SSSR count). The van der Waals surface area contributed by atoms with Crippen LogP contribution >= 0.6 is 0 Å². The van der Waals surface area contributed by atoms with Crippen molar-refractivity contribution in [1.82, 2.24) is 5.01 Å². The molecule has 0 saturated heterocycles. The van der Waals surface area contributed by atoms with Gasteiger partial charge in [-0.1, -0.05) is 0 Å². The van der Waals surface area contributed by atoms with Crippen LogP contribution in [0.25, 0.3) is 0 Å². The van der Waals surface area contributed by atoms with Gasteiger partial charge in [-0.3, -0.25) is 4.79 Å². The van der Waals surface area contributed by atoms with Gasteiger partial charge in [0.25, 0.3) is 0 Å². The van der Waals surface area contributed by atoms with E-state index >= 15 is 0 Å². The van der Waals surface area contributed by atoms with Gasteiger partial charge < -0.3 is 9.47 Å². The second-order valence-electron chi connectivity index (χ2n) is 6.08. The first-order valence-corrected chi connectivity index (χ1v) is 8.11. The van der Waals surface area contributed by atoms with Crippen molar-refractivity contribution in [1.29, 1.82) is 0 Å². The number of carbonyl (C=O) groups is 1. The third-order valence-corrected chi connectivity index (χ3v) is 4.56. The fourth-order valence-electron chi connectivity index (χ4n) is 3.04. The first-order chi connectivity index (χ1) is 10.8. The number of amides is 1. The lowest BCUT2D eigenvalue weighted by Gasteiger charge is -2.36. The molecular formula is C17H20N2O3. The molecule has 2 heterocycles. The van der Waals surface area contributed by atoms with Gasteiger partial charge in [-0.25, -0.2) is 5.01 Å². The summed E-state index contributed by atoms with van der Waals surface area (Å²) in [6.45, 7) is 1.37. The van der Waals surface area contributed by atoms with E-state index in [1.807, 2.05) is 18.2 Å². The van der Waals surface area contributed by atoms with Crippen molar-refractivity contribution in [2.75, 3.05) is 13.2 Å². The van der Waals surface area contributed by atoms with Crippen molar-refractivity contribution in [2.24, 2.45) is 5.10 Å². The zero-order chi connectivity index (χ0) is 14.9. The smallest absolute Gasteiger partial charge is 0.243 e. The van der Waals surface area contributed by atoms with Crippen LogP contribution < -0.4 is 9.47 Å². The van der Waals surface area contributed by atoms with Crippen molar-refractivity contribution >= 4 is 11.6 Å². The second-order valence-corrected chi connectivity index (χ2v) is 6.08. The van der Waals surface area contributed by atoms with E-state index in [9.17, 15) is 4.79 Å². The molecule has 0 bridgehead atoms. The molecule has 0 radical (unpaired) electrons. The molecule has 0 unspecified atom stereocenters. The number of hydrazone groups is 1. The Bertz CT molecular complexity index is 622. The number of nitrogens with zero attached hydrogens (tertiary/aromatic N) is 2. The molecule has 0 N–H and O–H groups in total. The first-order valence-electron chi connectivity index (χ1n) is 8.11. The minimum absolute atomic E-state index is 0.155. The first kappa shape index (κ1) is 13.6. The van der Waals surface area contributed by atoms with Crippen LogP contribution in [0.4, 0.5) is 0 Å². The number of ether oxygens (including phenoxy) is 2. The normalized spacial score (nSPS) is 21.9. The Hall–Kier alpha value is -2.04. The maximum Gasteiger partial charge on any atom is 0.243 e. The van der Waals surface area contributed by atoms with Crippen LogP contribution in [0.3, 0.4) is 0 Å². The molecule has 1 saturated carbocycles. The van der Waals surface area contributed by atoms with Crippen molar-refractivity contribution in [3.8, 4) is 11.5 Å². The third-order valence-electron chi connectivity index (χ3n) is 4.56. The summed E-state index contributed by atoms with van der Waals surface area (Å²) in [7, 11) is 0. The largest absolute Gasteiger partial charge is 0.490 e. The lowest BCUT2D eigenvalue weighted by molar-refractivity contribution is -0.135. The molecule has 0 spiro atoms. The maximum absolute atomic E-state index is 12.1. The molecule has 1 aromatic rings. The molecule has 0 aromatic heterocycles. The molecular weight excluding hydrogens is 280 g/mol. The number of fused-ring (bicyclic) bond motifs is 1. The van der Waals surface area contributed by atoms with Crippen LogP contribution in [-0.4, -0.2) is 35.9 Å². The van der Waals surface area contributed by atoms with Gasteiger partial charge in [0.05, 0.1) is 25.0 Å². The van der Waals surface area contributed by atoms with Crippen molar-refractivity contribution < 1.29 is 14.3 Å². The van der Waals surface area contributed by atoms with Gasteiger partial charge in [-0.05, 0) is 37.5 Å². The molecule has 3 aliphatic rings. The molecule has 1 fully saturated rings. The Balaban J connectivity index is 1.63. The molecule has 0 atom stereocenters. The number of rotatable bonds is 2. The Kier molecular flexibility index (Phi) is 3.48. The highest BCUT2D eigenvalue weighted by Crippen LogP contribution is 2.33. The van der Waals surface area contributed by atoms with E-state index in [1.165, 1.54) is 6.42 Å². The van der Waals surface area contributed by atoms with Gasteiger partial charge in [0.15, 0.2) is 11.5 Å². The number of hydrogen-bond donors (Lipinski definition) is 0. The molecule has 1 aliphatic carbocycles. The van der Waals surface area contributed by atoms with Crippen LogP contribution in [-0.2, 0) is 4.79 Å². The minimum Gasteiger partial charge on any atom is -0.490 e. The van der Waals surface area contributed by atoms with Crippen molar-refractivity contribution in [2.45, 2.75) is 44.6 Å². The molecule has 22 heavy (non-hydrogen) atoms. The predicted octanol–water partition coefficient (Wildman–Crippen LogP) is 2.73. The summed E-state index contributed by atoms with van der Waals surface area (Å²) in [6, 6.07) is 6.26. The third kappa shape index (κ3) is 2.45. The van der Waals surface area contributed by atoms with Gasteiger partial charge in [-0.15, -0.1) is 0 Å². The Morgan fingerprint density at radius 3 is 2.64 bits per heavy atom. The topological polar surface area (TPSA) is 51.1 Å². The summed E-state index contributed by atoms with van der Waals surface area (Å²) in [5.74, 6) is 1.73. The van der Waals surface area contributed by atoms with Gasteiger partial charge >= 0.3 is 0 Å². The fraction of sp³-hybridized carbons (Fsp3) is 0.529. The standard InChI is InChI=1S/C17H20N2O3/c20-17-8-6-14(18-19(17)13-3-1-4-13)12-5-7-15-16(11-12)22-10-2-9-21-15/h5,7,11,13H,1-4,6,8-10H2. The van der Waals surface area contributed by atoms with Crippen LogP contribution in [0.5, 0.6) is 11.5 Å². The van der Waals surface area contributed by atoms with Gasteiger partial charge in [0, 0.05) is 24.8 Å². The summed E-state index contributed by atoms with van der Waals surface area (Å²) < 4.78 is 11.4. The van der Waals surface area contributed by atoms with E-state index in [1.54, 1.807) is 5.01 Å². The van der Waals surface area contributed by atoms with Gasteiger partial charge in [0.1, 0.15) is 0 Å². The van der Waals surface area contributed by atoms with Crippen LogP contribution in [0.2, 0.25) is 0 Å². The van der Waals surface area contributed by atoms with Crippen LogP contribution in [0.1, 0.15) is 44.1 Å². The molecule has 5 nitrogen and oxygen atoms in total. The molecule has 1 amide bonds. The molecule has 1 aromatic carbocycles. The Labute approximate surface area is 129 Å². The molecule has 2 aliphatic heterocycles. The summed E-state index contributed by atoms with van der Waals surface area (Å²) in [6.07, 6.45) is 5.48. The average molecular weight is 300 g/mol. The van der Waals surface area contributed by atoms with E-state index in [0.717, 1.165) is 42.0 Å². The second kappa shape index (κ2) is 5.63. The fourth-order valence-corrected chi connectivity index (χ4v) is 3.04. The van der Waals surface area contributed by atoms with Gasteiger partial charge in [-0.2, -0.15) is 5.10 Å². The van der Waals surface area contributed by atoms with Gasteiger partial charge in [0.2, 0.25) is 5.91 Å². The summed E-state index contributed by atoms with van der Waals surface area (Å²) in [5.41, 5.74) is 2.00. The highest BCUT2D eigenvalue weighted by Gasteiger charge is 2.31. The zero-order valence-corrected chi connectivity index (χ0v) is 12.6. The average Bonchev–Trinajstić information content (AvgIpc) is 2.72. The predicted molar refractivity (Wildman–Crippen MR) is 82.3 cm³/mol. The Morgan fingerprint density at radius 2 is 1.86 bits per heavy atom. The summed E-state index contributed by atoms with van der Waals surface area (Å²) in [5, 5.41) is 6.35. The minimum atomic E-state index is 0.155. The van der Waals surface area contributed by atoms with E-state index in [0.29, 0.717) is 32.1 Å². The van der Waals surface area contributed by atoms with Crippen LogP contribution in [0.15, 0.2) is 23.3 Å². The highest BCUT2D eigenvalue weighted by molar-refractivity contribution is 6.04. The summed E-state index contributed by atoms with van der Waals surface area (Å²) >= 11 is 0. The molecule has 116 valence electrons. The Morgan fingerprint density at radius 1 is 1.05 bits per heavy atom. The van der Waals surface area contributed by atoms with Crippen molar-refractivity contribution in [3.05, 3.63) is 23.8 Å². The van der Waals surface area contributed by atoms with E-state index in [4.69, 9.17) is 9.47 Å². The maximum atomic E-state index is 12.1. The van der Waals surface area contributed by atoms with Crippen LogP contribution in [0, 0.1) is 0 Å². The van der Waals surface area contributed by atoms with E-state index < -0.39 is 0 Å². The molecule has 5 heteroatoms. The highest BCUT2D eigenvalue weighted by atomic mass is 16.5. The van der Waals surface area contributed by atoms with Crippen molar-refractivity contribution in [3.63, 3.8) is 0 Å². The quantitative estimate of drug-likeness (QED) is 0.844. The zero-order valence-electron chi connectivity index (χ0n) is 12.6. The SMILES string of the molecule is O=C1CCC(c2ccc3c(c2)OCCCO3)=NN1C1CCC1. The van der Waals surface area contributed by atoms with E-state index in [-0.39, 0.29) is 5.91 Å². The number of carbonyl (C=O) groups excluding carboxylic acids is 1. The lowest BCUT2D eigenvalue weighted by atomic mass is 9.91. The number of hydrogen-bond acceptors (Lipinski definition) is 4. The monoisotopic (exact) mass is 300 g/mol. The lowest BCUT2D eigenvalue weighted by Crippen LogP contribution is -2.43. The van der Waals surface area contributed by atoms with E-state index in [2.05, 4.69) is 5.10 Å².